The fourth-order valence-corrected chi connectivity index (χ4v) is 2.18. The maximum absolute atomic E-state index is 12.0. The van der Waals surface area contributed by atoms with Gasteiger partial charge in [0.25, 0.3) is 0 Å². The lowest BCUT2D eigenvalue weighted by Gasteiger charge is -2.28. The molecule has 0 N–H and O–H groups in total. The summed E-state index contributed by atoms with van der Waals surface area (Å²) in [4.78, 5) is 11.5. The van der Waals surface area contributed by atoms with Crippen LogP contribution < -0.4 is 0 Å². The van der Waals surface area contributed by atoms with Gasteiger partial charge >= 0.3 is 6.61 Å². The normalized spacial score (nSPS) is 30.1. The van der Waals surface area contributed by atoms with Crippen molar-refractivity contribution in [1.29, 1.82) is 0 Å². The summed E-state index contributed by atoms with van der Waals surface area (Å²) in [6.45, 7) is -2.79. The number of ether oxygens (including phenoxy) is 1. The quantitative estimate of drug-likeness (QED) is 0.706. The number of carbonyl (C=O) groups is 1. The first-order valence-electron chi connectivity index (χ1n) is 5.04. The molecular weight excluding hydrogens is 202 g/mol. The van der Waals surface area contributed by atoms with Crippen molar-refractivity contribution < 1.29 is 18.3 Å². The average molecular weight is 214 g/mol. The third-order valence-electron chi connectivity index (χ3n) is 2.87. The Bertz CT molecular complexity index is 321. The summed E-state index contributed by atoms with van der Waals surface area (Å²) in [5, 5.41) is 0. The van der Waals surface area contributed by atoms with E-state index in [1.807, 2.05) is 0 Å². The highest BCUT2D eigenvalue weighted by atomic mass is 19.3. The van der Waals surface area contributed by atoms with E-state index >= 15 is 0 Å². The molecule has 82 valence electrons. The monoisotopic (exact) mass is 214 g/mol. The van der Waals surface area contributed by atoms with Gasteiger partial charge in [0.1, 0.15) is 11.5 Å². The standard InChI is InChI=1S/C11H12F2O2/c12-11(13)15-8-4-5-9-7(6-8)2-1-3-10(9)14/h4-7,9,11H,1-3H2. The van der Waals surface area contributed by atoms with E-state index < -0.39 is 6.61 Å². The van der Waals surface area contributed by atoms with Crippen LogP contribution in [0, 0.1) is 11.8 Å². The molecule has 2 nitrogen and oxygen atoms in total. The molecule has 0 heterocycles. The van der Waals surface area contributed by atoms with Crippen molar-refractivity contribution in [2.24, 2.45) is 11.8 Å². The second kappa shape index (κ2) is 4.13. The maximum atomic E-state index is 12.0. The van der Waals surface area contributed by atoms with E-state index in [1.54, 1.807) is 12.2 Å². The van der Waals surface area contributed by atoms with Gasteiger partial charge in [0, 0.05) is 12.3 Å². The number of ketones is 1. The zero-order valence-electron chi connectivity index (χ0n) is 8.16. The maximum Gasteiger partial charge on any atom is 0.387 e. The average Bonchev–Trinajstić information content (AvgIpc) is 2.17. The molecule has 0 saturated heterocycles. The lowest BCUT2D eigenvalue weighted by molar-refractivity contribution is -0.124. The molecule has 2 aliphatic rings. The van der Waals surface area contributed by atoms with Crippen molar-refractivity contribution >= 4 is 5.78 Å². The summed E-state index contributed by atoms with van der Waals surface area (Å²) < 4.78 is 28.2. The van der Waals surface area contributed by atoms with E-state index in [-0.39, 0.29) is 23.4 Å². The van der Waals surface area contributed by atoms with E-state index in [4.69, 9.17) is 0 Å². The van der Waals surface area contributed by atoms with Crippen molar-refractivity contribution in [3.8, 4) is 0 Å². The van der Waals surface area contributed by atoms with E-state index in [0.29, 0.717) is 6.42 Å². The zero-order chi connectivity index (χ0) is 10.8. The molecule has 4 heteroatoms. The van der Waals surface area contributed by atoms with Crippen LogP contribution >= 0.6 is 0 Å². The van der Waals surface area contributed by atoms with Crippen LogP contribution in [0.5, 0.6) is 0 Å². The van der Waals surface area contributed by atoms with Gasteiger partial charge in [0.2, 0.25) is 0 Å². The molecule has 0 aromatic heterocycles. The first-order chi connectivity index (χ1) is 7.16. The first-order valence-corrected chi connectivity index (χ1v) is 5.04. The van der Waals surface area contributed by atoms with E-state index in [2.05, 4.69) is 4.74 Å². The topological polar surface area (TPSA) is 26.3 Å². The van der Waals surface area contributed by atoms with Gasteiger partial charge in [-0.25, -0.2) is 0 Å². The van der Waals surface area contributed by atoms with Crippen LogP contribution in [0.2, 0.25) is 0 Å². The third kappa shape index (κ3) is 2.25. The molecule has 2 atom stereocenters. The molecule has 0 amide bonds. The molecule has 2 aliphatic carbocycles. The minimum absolute atomic E-state index is 0.0463. The predicted molar refractivity (Wildman–Crippen MR) is 50.2 cm³/mol. The molecule has 0 aromatic carbocycles. The minimum atomic E-state index is -2.79. The Hall–Kier alpha value is -1.19. The van der Waals surface area contributed by atoms with Gasteiger partial charge in [-0.1, -0.05) is 6.08 Å². The summed E-state index contributed by atoms with van der Waals surface area (Å²) in [7, 11) is 0. The Morgan fingerprint density at radius 3 is 3.00 bits per heavy atom. The highest BCUT2D eigenvalue weighted by molar-refractivity contribution is 5.84. The van der Waals surface area contributed by atoms with Gasteiger partial charge < -0.3 is 4.74 Å². The van der Waals surface area contributed by atoms with Crippen LogP contribution in [0.3, 0.4) is 0 Å². The van der Waals surface area contributed by atoms with Crippen LogP contribution in [0.4, 0.5) is 8.78 Å². The van der Waals surface area contributed by atoms with Crippen molar-refractivity contribution in [3.63, 3.8) is 0 Å². The molecule has 1 fully saturated rings. The lowest BCUT2D eigenvalue weighted by atomic mass is 9.76. The van der Waals surface area contributed by atoms with Crippen LogP contribution in [-0.2, 0) is 9.53 Å². The van der Waals surface area contributed by atoms with Gasteiger partial charge in [-0.2, -0.15) is 8.78 Å². The number of carbonyl (C=O) groups excluding carboxylic acids is 1. The van der Waals surface area contributed by atoms with Crippen LogP contribution in [0.25, 0.3) is 0 Å². The number of allylic oxidation sites excluding steroid dienone is 3. The number of rotatable bonds is 2. The summed E-state index contributed by atoms with van der Waals surface area (Å²) in [5.41, 5.74) is 0. The van der Waals surface area contributed by atoms with Crippen LogP contribution in [0.1, 0.15) is 19.3 Å². The molecular formula is C11H12F2O2. The third-order valence-corrected chi connectivity index (χ3v) is 2.87. The lowest BCUT2D eigenvalue weighted by Crippen LogP contribution is -2.27. The Morgan fingerprint density at radius 2 is 2.27 bits per heavy atom. The van der Waals surface area contributed by atoms with Gasteiger partial charge in [-0.05, 0) is 30.9 Å². The molecule has 15 heavy (non-hydrogen) atoms. The van der Waals surface area contributed by atoms with Crippen molar-refractivity contribution in [3.05, 3.63) is 24.0 Å². The van der Waals surface area contributed by atoms with Crippen LogP contribution in [0.15, 0.2) is 24.0 Å². The molecule has 2 rings (SSSR count). The molecule has 1 saturated carbocycles. The second-order valence-corrected chi connectivity index (χ2v) is 3.85. The van der Waals surface area contributed by atoms with E-state index in [1.165, 1.54) is 6.08 Å². The minimum Gasteiger partial charge on any atom is -0.435 e. The summed E-state index contributed by atoms with van der Waals surface area (Å²) in [6, 6.07) is 0. The fraction of sp³-hybridized carbons (Fsp3) is 0.545. The number of alkyl halides is 2. The van der Waals surface area contributed by atoms with Gasteiger partial charge in [-0.3, -0.25) is 4.79 Å². The van der Waals surface area contributed by atoms with Crippen molar-refractivity contribution in [1.82, 2.24) is 0 Å². The van der Waals surface area contributed by atoms with Gasteiger partial charge in [0.15, 0.2) is 0 Å². The van der Waals surface area contributed by atoms with E-state index in [9.17, 15) is 13.6 Å². The number of fused-ring (bicyclic) bond motifs is 1. The number of halogens is 2. The van der Waals surface area contributed by atoms with Crippen molar-refractivity contribution in [2.75, 3.05) is 0 Å². The number of Topliss-reactive ketones (excluding diaryl/α,β-unsaturated/α-hetero) is 1. The SMILES string of the molecule is O=C1CCCC2C=C(OC(F)F)C=CC12. The highest BCUT2D eigenvalue weighted by Crippen LogP contribution is 2.34. The molecule has 2 unspecified atom stereocenters. The van der Waals surface area contributed by atoms with E-state index in [0.717, 1.165) is 12.8 Å². The largest absolute Gasteiger partial charge is 0.435 e. The van der Waals surface area contributed by atoms with Gasteiger partial charge in [-0.15, -0.1) is 0 Å². The van der Waals surface area contributed by atoms with Crippen LogP contribution in [-0.4, -0.2) is 12.4 Å². The summed E-state index contributed by atoms with van der Waals surface area (Å²) in [5.74, 6) is 0.310. The fourth-order valence-electron chi connectivity index (χ4n) is 2.18. The summed E-state index contributed by atoms with van der Waals surface area (Å²) >= 11 is 0. The molecule has 0 aromatic rings. The predicted octanol–water partition coefficient (Wildman–Crippen LogP) is 2.66. The smallest absolute Gasteiger partial charge is 0.387 e. The molecule has 0 spiro atoms. The molecule has 0 bridgehead atoms. The van der Waals surface area contributed by atoms with Gasteiger partial charge in [0.05, 0.1) is 0 Å². The Labute approximate surface area is 86.6 Å². The zero-order valence-corrected chi connectivity index (χ0v) is 8.16. The van der Waals surface area contributed by atoms with Crippen molar-refractivity contribution in [2.45, 2.75) is 25.9 Å². The molecule has 0 aliphatic heterocycles. The number of hydrogen-bond donors (Lipinski definition) is 0. The summed E-state index contributed by atoms with van der Waals surface area (Å²) in [6.07, 6.45) is 7.11. The number of hydrogen-bond acceptors (Lipinski definition) is 2. The molecule has 0 radical (unpaired) electrons. The Kier molecular flexibility index (Phi) is 2.84. The second-order valence-electron chi connectivity index (χ2n) is 3.85. The Morgan fingerprint density at radius 1 is 1.47 bits per heavy atom. The first kappa shape index (κ1) is 10.3. The highest BCUT2D eigenvalue weighted by Gasteiger charge is 2.31. The Balaban J connectivity index is 2.08.